The molecule has 5 heteroatoms. The summed E-state index contributed by atoms with van der Waals surface area (Å²) in [5.74, 6) is 0.380. The lowest BCUT2D eigenvalue weighted by Gasteiger charge is -2.39. The Bertz CT molecular complexity index is 441. The average Bonchev–Trinajstić information content (AvgIpc) is 2.82. The molecule has 1 N–H and O–H groups in total. The van der Waals surface area contributed by atoms with Gasteiger partial charge in [0.15, 0.2) is 0 Å². The Kier molecular flexibility index (Phi) is 5.37. The van der Waals surface area contributed by atoms with Gasteiger partial charge in [-0.05, 0) is 37.5 Å². The van der Waals surface area contributed by atoms with Gasteiger partial charge in [0, 0.05) is 18.5 Å². The fourth-order valence-corrected chi connectivity index (χ4v) is 5.86. The topological polar surface area (TPSA) is 57.6 Å². The van der Waals surface area contributed by atoms with E-state index in [0.29, 0.717) is 13.0 Å². The zero-order chi connectivity index (χ0) is 15.7. The third-order valence-corrected chi connectivity index (χ3v) is 6.88. The molecule has 1 saturated carbocycles. The van der Waals surface area contributed by atoms with Crippen LogP contribution >= 0.6 is 0 Å². The largest absolute Gasteiger partial charge is 0.393 e. The highest BCUT2D eigenvalue weighted by Gasteiger charge is 2.41. The Morgan fingerprint density at radius 3 is 2.38 bits per heavy atom. The van der Waals surface area contributed by atoms with E-state index < -0.39 is 10.0 Å². The molecular formula is C16H31NO3S. The smallest absolute Gasteiger partial charge is 0.214 e. The molecule has 0 aromatic heterocycles. The first-order chi connectivity index (χ1) is 9.71. The number of rotatable bonds is 4. The Hall–Kier alpha value is -0.130. The average molecular weight is 317 g/mol. The number of sulfonamides is 1. The van der Waals surface area contributed by atoms with Crippen molar-refractivity contribution in [2.75, 3.05) is 12.3 Å². The SMILES string of the molecule is CC(C)(C)CCS(=O)(=O)N1CCCCC1C1CCCC1O. The summed E-state index contributed by atoms with van der Waals surface area (Å²) in [7, 11) is -3.20. The van der Waals surface area contributed by atoms with E-state index in [1.807, 2.05) is 0 Å². The third kappa shape index (κ3) is 4.42. The monoisotopic (exact) mass is 317 g/mol. The van der Waals surface area contributed by atoms with Crippen LogP contribution in [0.1, 0.15) is 65.7 Å². The molecule has 0 amide bonds. The highest BCUT2D eigenvalue weighted by molar-refractivity contribution is 7.89. The maximum atomic E-state index is 12.8. The van der Waals surface area contributed by atoms with E-state index in [1.165, 1.54) is 0 Å². The summed E-state index contributed by atoms with van der Waals surface area (Å²) < 4.78 is 27.2. The fraction of sp³-hybridized carbons (Fsp3) is 1.00. The van der Waals surface area contributed by atoms with Crippen LogP contribution in [0.25, 0.3) is 0 Å². The first-order valence-corrected chi connectivity index (χ1v) is 9.99. The molecule has 1 saturated heterocycles. The number of hydrogen-bond acceptors (Lipinski definition) is 3. The van der Waals surface area contributed by atoms with Gasteiger partial charge in [-0.3, -0.25) is 0 Å². The summed E-state index contributed by atoms with van der Waals surface area (Å²) in [5, 5.41) is 10.2. The Morgan fingerprint density at radius 1 is 1.10 bits per heavy atom. The van der Waals surface area contributed by atoms with E-state index >= 15 is 0 Å². The summed E-state index contributed by atoms with van der Waals surface area (Å²) in [4.78, 5) is 0. The first kappa shape index (κ1) is 17.2. The lowest BCUT2D eigenvalue weighted by atomic mass is 9.89. The van der Waals surface area contributed by atoms with Crippen LogP contribution in [-0.4, -0.2) is 42.3 Å². The van der Waals surface area contributed by atoms with Crippen LogP contribution in [0.5, 0.6) is 0 Å². The van der Waals surface area contributed by atoms with Crippen LogP contribution in [0, 0.1) is 11.3 Å². The number of nitrogens with zero attached hydrogens (tertiary/aromatic N) is 1. The molecule has 0 spiro atoms. The molecule has 1 aliphatic heterocycles. The standard InChI is InChI=1S/C16H31NO3S/c1-16(2,3)10-12-21(19,20)17-11-5-4-8-14(17)13-7-6-9-15(13)18/h13-15,18H,4-12H2,1-3H3. The molecule has 2 rings (SSSR count). The van der Waals surface area contributed by atoms with Crippen LogP contribution in [-0.2, 0) is 10.0 Å². The highest BCUT2D eigenvalue weighted by atomic mass is 32.2. The maximum Gasteiger partial charge on any atom is 0.214 e. The Balaban J connectivity index is 2.10. The molecule has 3 atom stereocenters. The maximum absolute atomic E-state index is 12.8. The second kappa shape index (κ2) is 6.55. The highest BCUT2D eigenvalue weighted by Crippen LogP contribution is 2.36. The minimum atomic E-state index is -3.20. The Labute approximate surface area is 130 Å². The van der Waals surface area contributed by atoms with E-state index in [2.05, 4.69) is 20.8 Å². The van der Waals surface area contributed by atoms with E-state index in [9.17, 15) is 13.5 Å². The number of piperidine rings is 1. The molecular weight excluding hydrogens is 286 g/mol. The molecule has 2 fully saturated rings. The molecule has 0 bridgehead atoms. The van der Waals surface area contributed by atoms with Gasteiger partial charge in [-0.15, -0.1) is 0 Å². The normalized spacial score (nSPS) is 32.5. The summed E-state index contributed by atoms with van der Waals surface area (Å²) in [6, 6.07) is 0.0289. The van der Waals surface area contributed by atoms with Crippen LogP contribution in [0.2, 0.25) is 0 Å². The molecule has 21 heavy (non-hydrogen) atoms. The lowest BCUT2D eigenvalue weighted by Crippen LogP contribution is -2.50. The van der Waals surface area contributed by atoms with Crippen molar-refractivity contribution in [1.29, 1.82) is 0 Å². The van der Waals surface area contributed by atoms with Crippen LogP contribution < -0.4 is 0 Å². The van der Waals surface area contributed by atoms with Crippen LogP contribution in [0.4, 0.5) is 0 Å². The minimum Gasteiger partial charge on any atom is -0.393 e. The zero-order valence-electron chi connectivity index (χ0n) is 13.7. The lowest BCUT2D eigenvalue weighted by molar-refractivity contribution is 0.0722. The van der Waals surface area contributed by atoms with E-state index in [0.717, 1.165) is 38.5 Å². The van der Waals surface area contributed by atoms with Gasteiger partial charge in [0.2, 0.25) is 10.0 Å². The molecule has 4 nitrogen and oxygen atoms in total. The van der Waals surface area contributed by atoms with Crippen molar-refractivity contribution in [3.8, 4) is 0 Å². The summed E-state index contributed by atoms with van der Waals surface area (Å²) >= 11 is 0. The quantitative estimate of drug-likeness (QED) is 0.867. The third-order valence-electron chi connectivity index (χ3n) is 4.99. The van der Waals surface area contributed by atoms with Gasteiger partial charge in [-0.1, -0.05) is 33.6 Å². The second-order valence-electron chi connectivity index (χ2n) is 7.96. The van der Waals surface area contributed by atoms with Crippen molar-refractivity contribution in [3.05, 3.63) is 0 Å². The van der Waals surface area contributed by atoms with Gasteiger partial charge in [-0.25, -0.2) is 8.42 Å². The van der Waals surface area contributed by atoms with E-state index in [1.54, 1.807) is 4.31 Å². The van der Waals surface area contributed by atoms with Crippen molar-refractivity contribution < 1.29 is 13.5 Å². The Morgan fingerprint density at radius 2 is 1.81 bits per heavy atom. The molecule has 0 aromatic carbocycles. The van der Waals surface area contributed by atoms with Gasteiger partial charge in [-0.2, -0.15) is 4.31 Å². The first-order valence-electron chi connectivity index (χ1n) is 8.38. The molecule has 1 aliphatic carbocycles. The van der Waals surface area contributed by atoms with Crippen molar-refractivity contribution >= 4 is 10.0 Å². The van der Waals surface area contributed by atoms with Crippen molar-refractivity contribution in [1.82, 2.24) is 4.31 Å². The van der Waals surface area contributed by atoms with E-state index in [4.69, 9.17) is 0 Å². The number of hydrogen-bond donors (Lipinski definition) is 1. The van der Waals surface area contributed by atoms with E-state index in [-0.39, 0.29) is 29.2 Å². The fourth-order valence-electron chi connectivity index (χ4n) is 3.67. The van der Waals surface area contributed by atoms with Crippen LogP contribution in [0.3, 0.4) is 0 Å². The predicted molar refractivity (Wildman–Crippen MR) is 85.6 cm³/mol. The van der Waals surface area contributed by atoms with Gasteiger partial charge in [0.05, 0.1) is 11.9 Å². The van der Waals surface area contributed by atoms with Crippen LogP contribution in [0.15, 0.2) is 0 Å². The van der Waals surface area contributed by atoms with Gasteiger partial charge in [0.25, 0.3) is 0 Å². The van der Waals surface area contributed by atoms with Crippen molar-refractivity contribution in [2.24, 2.45) is 11.3 Å². The minimum absolute atomic E-state index is 0.0289. The molecule has 3 unspecified atom stereocenters. The molecule has 124 valence electrons. The summed E-state index contributed by atoms with van der Waals surface area (Å²) in [6.07, 6.45) is 6.15. The van der Waals surface area contributed by atoms with Gasteiger partial charge < -0.3 is 5.11 Å². The molecule has 2 aliphatic rings. The van der Waals surface area contributed by atoms with Gasteiger partial charge >= 0.3 is 0 Å². The summed E-state index contributed by atoms with van der Waals surface area (Å²) in [5.41, 5.74) is 0.0330. The van der Waals surface area contributed by atoms with Gasteiger partial charge in [0.1, 0.15) is 0 Å². The molecule has 0 aromatic rings. The molecule has 0 radical (unpaired) electrons. The molecule has 1 heterocycles. The van der Waals surface area contributed by atoms with Crippen molar-refractivity contribution in [2.45, 2.75) is 77.9 Å². The number of aliphatic hydroxyl groups is 1. The van der Waals surface area contributed by atoms with Crippen molar-refractivity contribution in [3.63, 3.8) is 0 Å². The second-order valence-corrected chi connectivity index (χ2v) is 10.0. The predicted octanol–water partition coefficient (Wildman–Crippen LogP) is 2.77. The summed E-state index contributed by atoms with van der Waals surface area (Å²) in [6.45, 7) is 6.88. The zero-order valence-corrected chi connectivity index (χ0v) is 14.5. The number of aliphatic hydroxyl groups excluding tert-OH is 1.